The predicted octanol–water partition coefficient (Wildman–Crippen LogP) is 2.54. The van der Waals surface area contributed by atoms with E-state index < -0.39 is 11.7 Å². The van der Waals surface area contributed by atoms with Gasteiger partial charge < -0.3 is 10.3 Å². The maximum atomic E-state index is 14.0. The second kappa shape index (κ2) is 6.64. The molecule has 0 aliphatic carbocycles. The maximum Gasteiger partial charge on any atom is 0.257 e. The van der Waals surface area contributed by atoms with Gasteiger partial charge in [-0.2, -0.15) is 0 Å². The maximum absolute atomic E-state index is 14.0. The lowest BCUT2D eigenvalue weighted by atomic mass is 10.2. The molecule has 7 heteroatoms. The van der Waals surface area contributed by atoms with Crippen molar-refractivity contribution in [3.8, 4) is 0 Å². The number of nitrogens with zero attached hydrogens (tertiary/aromatic N) is 2. The molecule has 1 amide bonds. The third-order valence-corrected chi connectivity index (χ3v) is 3.74. The molecular formula is C14H14BrFN4O. The van der Waals surface area contributed by atoms with Gasteiger partial charge in [0.15, 0.2) is 11.6 Å². The van der Waals surface area contributed by atoms with Gasteiger partial charge in [0.2, 0.25) is 0 Å². The summed E-state index contributed by atoms with van der Waals surface area (Å²) < 4.78 is 14.9. The van der Waals surface area contributed by atoms with E-state index in [0.29, 0.717) is 6.54 Å². The monoisotopic (exact) mass is 352 g/mol. The zero-order chi connectivity index (χ0) is 15.4. The van der Waals surface area contributed by atoms with Crippen molar-refractivity contribution in [1.82, 2.24) is 9.88 Å². The molecule has 0 atom stereocenters. The van der Waals surface area contributed by atoms with Crippen LogP contribution in [0.15, 0.2) is 41.0 Å². The van der Waals surface area contributed by atoms with Gasteiger partial charge in [0, 0.05) is 24.3 Å². The van der Waals surface area contributed by atoms with Gasteiger partial charge in [-0.25, -0.2) is 15.2 Å². The molecule has 2 rings (SSSR count). The van der Waals surface area contributed by atoms with Crippen molar-refractivity contribution in [2.75, 3.05) is 12.5 Å². The smallest absolute Gasteiger partial charge is 0.257 e. The second-order valence-corrected chi connectivity index (χ2v) is 5.27. The molecule has 0 aliphatic rings. The van der Waals surface area contributed by atoms with Gasteiger partial charge >= 0.3 is 0 Å². The van der Waals surface area contributed by atoms with E-state index in [1.165, 1.54) is 17.2 Å². The molecule has 3 N–H and O–H groups in total. The fourth-order valence-electron chi connectivity index (χ4n) is 1.87. The van der Waals surface area contributed by atoms with E-state index in [9.17, 15) is 9.18 Å². The van der Waals surface area contributed by atoms with Crippen molar-refractivity contribution < 1.29 is 9.18 Å². The molecule has 21 heavy (non-hydrogen) atoms. The van der Waals surface area contributed by atoms with Crippen LogP contribution in [0.2, 0.25) is 0 Å². The average Bonchev–Trinajstić information content (AvgIpc) is 2.49. The molecule has 0 radical (unpaired) electrons. The minimum Gasteiger partial charge on any atom is -0.337 e. The van der Waals surface area contributed by atoms with Crippen molar-refractivity contribution >= 4 is 27.7 Å². The number of nitrogens with two attached hydrogens (primary N) is 1. The molecule has 1 aromatic carbocycles. The molecule has 0 aliphatic heterocycles. The van der Waals surface area contributed by atoms with E-state index in [4.69, 9.17) is 5.84 Å². The first-order chi connectivity index (χ1) is 10.0. The number of halogens is 2. The SMILES string of the molecule is CN(Cc1ccccc1Br)C(=O)c1ccnc(NN)c1F. The van der Waals surface area contributed by atoms with Crippen LogP contribution >= 0.6 is 15.9 Å². The van der Waals surface area contributed by atoms with Crippen molar-refractivity contribution in [2.45, 2.75) is 6.54 Å². The number of pyridine rings is 1. The van der Waals surface area contributed by atoms with Crippen LogP contribution in [0.3, 0.4) is 0 Å². The van der Waals surface area contributed by atoms with Crippen LogP contribution in [0, 0.1) is 5.82 Å². The predicted molar refractivity (Wildman–Crippen MR) is 81.9 cm³/mol. The number of nitrogens with one attached hydrogen (secondary N) is 1. The third-order valence-electron chi connectivity index (χ3n) is 2.97. The van der Waals surface area contributed by atoms with Crippen LogP contribution in [0.25, 0.3) is 0 Å². The molecule has 110 valence electrons. The molecule has 0 spiro atoms. The average molecular weight is 353 g/mol. The Hall–Kier alpha value is -1.99. The number of hydrazine groups is 1. The Kier molecular flexibility index (Phi) is 4.87. The summed E-state index contributed by atoms with van der Waals surface area (Å²) in [5, 5.41) is 0. The van der Waals surface area contributed by atoms with Gasteiger partial charge in [-0.15, -0.1) is 0 Å². The van der Waals surface area contributed by atoms with E-state index in [0.717, 1.165) is 10.0 Å². The zero-order valence-corrected chi connectivity index (χ0v) is 12.9. The normalized spacial score (nSPS) is 10.3. The molecule has 0 saturated heterocycles. The fraction of sp³-hybridized carbons (Fsp3) is 0.143. The van der Waals surface area contributed by atoms with Crippen molar-refractivity contribution in [3.05, 3.63) is 57.9 Å². The summed E-state index contributed by atoms with van der Waals surface area (Å²) in [6, 6.07) is 8.87. The lowest BCUT2D eigenvalue weighted by Crippen LogP contribution is -2.27. The standard InChI is InChI=1S/C14H14BrFN4O/c1-20(8-9-4-2-3-5-11(9)15)14(21)10-6-7-18-13(19-17)12(10)16/h2-7H,8,17H2,1H3,(H,18,19). The molecule has 0 saturated carbocycles. The van der Waals surface area contributed by atoms with E-state index in [2.05, 4.69) is 26.3 Å². The number of nitrogen functional groups attached to an aromatic ring is 1. The summed E-state index contributed by atoms with van der Waals surface area (Å²) >= 11 is 3.42. The second-order valence-electron chi connectivity index (χ2n) is 4.42. The summed E-state index contributed by atoms with van der Waals surface area (Å²) in [7, 11) is 1.61. The number of benzene rings is 1. The highest BCUT2D eigenvalue weighted by molar-refractivity contribution is 9.10. The Bertz CT molecular complexity index is 665. The Morgan fingerprint density at radius 2 is 2.14 bits per heavy atom. The van der Waals surface area contributed by atoms with E-state index >= 15 is 0 Å². The lowest BCUT2D eigenvalue weighted by molar-refractivity contribution is 0.0780. The first-order valence-corrected chi connectivity index (χ1v) is 6.94. The topological polar surface area (TPSA) is 71.2 Å². The van der Waals surface area contributed by atoms with Crippen LogP contribution in [-0.4, -0.2) is 22.8 Å². The highest BCUT2D eigenvalue weighted by Gasteiger charge is 2.19. The number of aromatic nitrogens is 1. The summed E-state index contributed by atoms with van der Waals surface area (Å²) in [6.07, 6.45) is 1.33. The van der Waals surface area contributed by atoms with Crippen LogP contribution < -0.4 is 11.3 Å². The molecule has 0 fully saturated rings. The number of rotatable bonds is 4. The van der Waals surface area contributed by atoms with Crippen molar-refractivity contribution in [1.29, 1.82) is 0 Å². The molecular weight excluding hydrogens is 339 g/mol. The van der Waals surface area contributed by atoms with Gasteiger partial charge in [0.25, 0.3) is 5.91 Å². The molecule has 0 unspecified atom stereocenters. The fourth-order valence-corrected chi connectivity index (χ4v) is 2.28. The summed E-state index contributed by atoms with van der Waals surface area (Å²) in [4.78, 5) is 17.5. The molecule has 1 aromatic heterocycles. The van der Waals surface area contributed by atoms with E-state index in [1.54, 1.807) is 7.05 Å². The minimum absolute atomic E-state index is 0.0764. The molecule has 0 bridgehead atoms. The first-order valence-electron chi connectivity index (χ1n) is 6.14. The largest absolute Gasteiger partial charge is 0.337 e. The van der Waals surface area contributed by atoms with Gasteiger partial charge in [-0.05, 0) is 17.7 Å². The van der Waals surface area contributed by atoms with Crippen LogP contribution in [0.1, 0.15) is 15.9 Å². The summed E-state index contributed by atoms with van der Waals surface area (Å²) in [5.41, 5.74) is 2.98. The van der Waals surface area contributed by atoms with Gasteiger partial charge in [0.05, 0.1) is 5.56 Å². The quantitative estimate of drug-likeness (QED) is 0.655. The highest BCUT2D eigenvalue weighted by atomic mass is 79.9. The third kappa shape index (κ3) is 3.37. The van der Waals surface area contributed by atoms with Gasteiger partial charge in [-0.3, -0.25) is 4.79 Å². The number of carbonyl (C=O) groups is 1. The Balaban J connectivity index is 2.22. The van der Waals surface area contributed by atoms with E-state index in [-0.39, 0.29) is 11.4 Å². The molecule has 1 heterocycles. The number of hydrogen-bond donors (Lipinski definition) is 2. The summed E-state index contributed by atoms with van der Waals surface area (Å²) in [6.45, 7) is 0.355. The van der Waals surface area contributed by atoms with Crippen molar-refractivity contribution in [2.24, 2.45) is 5.84 Å². The van der Waals surface area contributed by atoms with Crippen molar-refractivity contribution in [3.63, 3.8) is 0 Å². The Morgan fingerprint density at radius 1 is 1.43 bits per heavy atom. The minimum atomic E-state index is -0.760. The summed E-state index contributed by atoms with van der Waals surface area (Å²) in [5.74, 6) is 3.80. The van der Waals surface area contributed by atoms with Crippen LogP contribution in [0.5, 0.6) is 0 Å². The molecule has 5 nitrogen and oxygen atoms in total. The number of amides is 1. The van der Waals surface area contributed by atoms with Gasteiger partial charge in [0.1, 0.15) is 0 Å². The number of hydrogen-bond acceptors (Lipinski definition) is 4. The number of anilines is 1. The Labute approximate surface area is 130 Å². The van der Waals surface area contributed by atoms with E-state index in [1.807, 2.05) is 24.3 Å². The van der Waals surface area contributed by atoms with Crippen LogP contribution in [0.4, 0.5) is 10.2 Å². The number of carbonyl (C=O) groups excluding carboxylic acids is 1. The first kappa shape index (κ1) is 15.4. The Morgan fingerprint density at radius 3 is 2.81 bits per heavy atom. The molecule has 2 aromatic rings. The van der Waals surface area contributed by atoms with Crippen LogP contribution in [-0.2, 0) is 6.54 Å². The van der Waals surface area contributed by atoms with Gasteiger partial charge in [-0.1, -0.05) is 34.1 Å². The lowest BCUT2D eigenvalue weighted by Gasteiger charge is -2.18. The zero-order valence-electron chi connectivity index (χ0n) is 11.3. The highest BCUT2D eigenvalue weighted by Crippen LogP contribution is 2.20.